The molecule has 3 aromatic heterocycles. The minimum atomic E-state index is -1.16. The second kappa shape index (κ2) is 8.73. The first-order valence-corrected chi connectivity index (χ1v) is 12.3. The van der Waals surface area contributed by atoms with Crippen molar-refractivity contribution in [1.29, 1.82) is 0 Å². The first-order chi connectivity index (χ1) is 16.3. The topological polar surface area (TPSA) is 81.2 Å². The van der Waals surface area contributed by atoms with E-state index >= 15 is 0 Å². The summed E-state index contributed by atoms with van der Waals surface area (Å²) in [6.07, 6.45) is 1.68. The molecule has 0 aliphatic carbocycles. The number of halogens is 1. The SMILES string of the molecule is Cc1nn(-c2nc(-c3coc4ccccc34)c(SC(C)C)s2)c(C(=O)O)c1-c1cccc(F)c1. The summed E-state index contributed by atoms with van der Waals surface area (Å²) in [5.74, 6) is -1.61. The highest BCUT2D eigenvalue weighted by Crippen LogP contribution is 2.43. The summed E-state index contributed by atoms with van der Waals surface area (Å²) < 4.78 is 21.9. The van der Waals surface area contributed by atoms with Crippen molar-refractivity contribution >= 4 is 40.0 Å². The van der Waals surface area contributed by atoms with Crippen LogP contribution in [-0.2, 0) is 0 Å². The second-order valence-electron chi connectivity index (χ2n) is 7.98. The fourth-order valence-corrected chi connectivity index (χ4v) is 6.33. The number of aromatic carboxylic acids is 1. The van der Waals surface area contributed by atoms with Gasteiger partial charge in [-0.15, -0.1) is 11.8 Å². The average Bonchev–Trinajstić information content (AvgIpc) is 3.48. The number of hydrogen-bond donors (Lipinski definition) is 1. The highest BCUT2D eigenvalue weighted by molar-refractivity contribution is 8.01. The number of fused-ring (bicyclic) bond motifs is 1. The van der Waals surface area contributed by atoms with Gasteiger partial charge in [0.25, 0.3) is 0 Å². The first-order valence-electron chi connectivity index (χ1n) is 10.6. The Morgan fingerprint density at radius 2 is 2.00 bits per heavy atom. The van der Waals surface area contributed by atoms with E-state index in [4.69, 9.17) is 9.40 Å². The van der Waals surface area contributed by atoms with Crippen LogP contribution in [0.4, 0.5) is 4.39 Å². The molecule has 0 fully saturated rings. The molecule has 6 nitrogen and oxygen atoms in total. The molecule has 34 heavy (non-hydrogen) atoms. The van der Waals surface area contributed by atoms with Crippen molar-refractivity contribution in [2.45, 2.75) is 30.2 Å². The molecule has 0 radical (unpaired) electrons. The van der Waals surface area contributed by atoms with Gasteiger partial charge in [-0.05, 0) is 30.7 Å². The van der Waals surface area contributed by atoms with Crippen LogP contribution in [0.2, 0.25) is 0 Å². The molecule has 2 aromatic carbocycles. The van der Waals surface area contributed by atoms with E-state index in [-0.39, 0.29) is 10.9 Å². The summed E-state index contributed by atoms with van der Waals surface area (Å²) in [5.41, 5.74) is 3.56. The number of rotatable bonds is 6. The number of carboxylic acids is 1. The van der Waals surface area contributed by atoms with E-state index in [9.17, 15) is 14.3 Å². The molecular formula is C25H20FN3O3S2. The number of carbonyl (C=O) groups is 1. The highest BCUT2D eigenvalue weighted by Gasteiger charge is 2.27. The number of thioether (sulfide) groups is 1. The first kappa shape index (κ1) is 22.4. The smallest absolute Gasteiger partial charge is 0.355 e. The average molecular weight is 494 g/mol. The minimum absolute atomic E-state index is 0.0541. The van der Waals surface area contributed by atoms with Gasteiger partial charge in [0.15, 0.2) is 5.69 Å². The number of aryl methyl sites for hydroxylation is 1. The van der Waals surface area contributed by atoms with Crippen molar-refractivity contribution in [3.63, 3.8) is 0 Å². The van der Waals surface area contributed by atoms with Crippen molar-refractivity contribution in [3.8, 4) is 27.5 Å². The van der Waals surface area contributed by atoms with Crippen LogP contribution < -0.4 is 0 Å². The van der Waals surface area contributed by atoms with Gasteiger partial charge in [0.1, 0.15) is 23.4 Å². The Hall–Kier alpha value is -3.43. The van der Waals surface area contributed by atoms with Gasteiger partial charge in [0.05, 0.1) is 9.90 Å². The van der Waals surface area contributed by atoms with Gasteiger partial charge >= 0.3 is 5.97 Å². The van der Waals surface area contributed by atoms with Crippen LogP contribution in [0, 0.1) is 12.7 Å². The largest absolute Gasteiger partial charge is 0.476 e. The van der Waals surface area contributed by atoms with Gasteiger partial charge in [-0.3, -0.25) is 0 Å². The third kappa shape index (κ3) is 3.91. The quantitative estimate of drug-likeness (QED) is 0.255. The van der Waals surface area contributed by atoms with E-state index in [0.29, 0.717) is 22.0 Å². The number of benzene rings is 2. The Morgan fingerprint density at radius 1 is 1.21 bits per heavy atom. The molecule has 172 valence electrons. The predicted molar refractivity (Wildman–Crippen MR) is 133 cm³/mol. The lowest BCUT2D eigenvalue weighted by molar-refractivity contribution is 0.0688. The molecule has 0 saturated carbocycles. The Kier molecular flexibility index (Phi) is 5.75. The Labute approximate surface area is 203 Å². The molecule has 0 aliphatic heterocycles. The molecule has 9 heteroatoms. The van der Waals surface area contributed by atoms with Crippen molar-refractivity contribution in [1.82, 2.24) is 14.8 Å². The molecule has 3 heterocycles. The number of furan rings is 1. The van der Waals surface area contributed by atoms with Gasteiger partial charge in [-0.25, -0.2) is 14.2 Å². The summed E-state index contributed by atoms with van der Waals surface area (Å²) >= 11 is 3.02. The van der Waals surface area contributed by atoms with Gasteiger partial charge in [-0.2, -0.15) is 9.78 Å². The van der Waals surface area contributed by atoms with E-state index < -0.39 is 11.8 Å². The van der Waals surface area contributed by atoms with Crippen LogP contribution in [-0.4, -0.2) is 31.1 Å². The normalized spacial score (nSPS) is 11.6. The lowest BCUT2D eigenvalue weighted by Crippen LogP contribution is -2.09. The van der Waals surface area contributed by atoms with Crippen LogP contribution in [0.15, 0.2) is 63.4 Å². The van der Waals surface area contributed by atoms with E-state index in [2.05, 4.69) is 18.9 Å². The Balaban J connectivity index is 1.72. The van der Waals surface area contributed by atoms with Crippen molar-refractivity contribution in [2.75, 3.05) is 0 Å². The van der Waals surface area contributed by atoms with E-state index in [1.807, 2.05) is 24.3 Å². The maximum atomic E-state index is 13.9. The van der Waals surface area contributed by atoms with E-state index in [1.165, 1.54) is 28.2 Å². The van der Waals surface area contributed by atoms with Crippen molar-refractivity contribution < 1.29 is 18.7 Å². The number of para-hydroxylation sites is 1. The third-order valence-corrected chi connectivity index (χ3v) is 7.46. The van der Waals surface area contributed by atoms with Crippen molar-refractivity contribution in [2.24, 2.45) is 0 Å². The third-order valence-electron chi connectivity index (χ3n) is 5.22. The standard InChI is InChI=1S/C25H20FN3O3S2/c1-13(2)33-24-21(18-12-32-19-10-5-4-9-17(18)19)27-25(34-24)29-22(23(30)31)20(14(3)28-29)15-7-6-8-16(26)11-15/h4-13H,1-3H3,(H,30,31). The Bertz CT molecular complexity index is 1530. The number of hydrogen-bond acceptors (Lipinski definition) is 6. The molecule has 0 aliphatic rings. The molecular weight excluding hydrogens is 473 g/mol. The summed E-state index contributed by atoms with van der Waals surface area (Å²) in [6, 6.07) is 13.6. The molecule has 5 rings (SSSR count). The van der Waals surface area contributed by atoms with Crippen LogP contribution in [0.1, 0.15) is 30.0 Å². The number of nitrogens with zero attached hydrogens (tertiary/aromatic N) is 3. The summed E-state index contributed by atoms with van der Waals surface area (Å²) in [7, 11) is 0. The van der Waals surface area contributed by atoms with Crippen LogP contribution in [0.25, 0.3) is 38.5 Å². The van der Waals surface area contributed by atoms with Crippen LogP contribution in [0.5, 0.6) is 0 Å². The maximum absolute atomic E-state index is 13.9. The molecule has 5 aromatic rings. The summed E-state index contributed by atoms with van der Waals surface area (Å²) in [4.78, 5) is 17.2. The monoisotopic (exact) mass is 493 g/mol. The molecule has 1 N–H and O–H groups in total. The summed E-state index contributed by atoms with van der Waals surface area (Å²) in [6.45, 7) is 5.89. The number of thiazole rings is 1. The molecule has 0 amide bonds. The molecule has 0 unspecified atom stereocenters. The Morgan fingerprint density at radius 3 is 2.74 bits per heavy atom. The second-order valence-corrected chi connectivity index (χ2v) is 10.8. The van der Waals surface area contributed by atoms with Gasteiger partial charge in [-0.1, -0.05) is 55.5 Å². The molecule has 0 spiro atoms. The lowest BCUT2D eigenvalue weighted by Gasteiger charge is -2.04. The number of aromatic nitrogens is 3. The number of carboxylic acid groups (broad SMARTS) is 1. The fourth-order valence-electron chi connectivity index (χ4n) is 3.86. The zero-order chi connectivity index (χ0) is 24.0. The minimum Gasteiger partial charge on any atom is -0.476 e. The van der Waals surface area contributed by atoms with Crippen molar-refractivity contribution in [3.05, 3.63) is 72.0 Å². The molecule has 0 bridgehead atoms. The lowest BCUT2D eigenvalue weighted by atomic mass is 10.0. The van der Waals surface area contributed by atoms with Crippen LogP contribution in [0.3, 0.4) is 0 Å². The van der Waals surface area contributed by atoms with E-state index in [0.717, 1.165) is 26.4 Å². The van der Waals surface area contributed by atoms with Gasteiger partial charge in [0, 0.05) is 21.8 Å². The van der Waals surface area contributed by atoms with Gasteiger partial charge in [0.2, 0.25) is 5.13 Å². The maximum Gasteiger partial charge on any atom is 0.355 e. The fraction of sp³-hybridized carbons (Fsp3) is 0.160. The predicted octanol–water partition coefficient (Wildman–Crippen LogP) is 7.06. The van der Waals surface area contributed by atoms with Gasteiger partial charge < -0.3 is 9.52 Å². The zero-order valence-corrected chi connectivity index (χ0v) is 20.2. The van der Waals surface area contributed by atoms with E-state index in [1.54, 1.807) is 37.1 Å². The highest BCUT2D eigenvalue weighted by atomic mass is 32.2. The summed E-state index contributed by atoms with van der Waals surface area (Å²) in [5, 5.41) is 16.3. The molecule has 0 saturated heterocycles. The zero-order valence-electron chi connectivity index (χ0n) is 18.6. The van der Waals surface area contributed by atoms with Crippen LogP contribution >= 0.6 is 23.1 Å². The molecule has 0 atom stereocenters.